The van der Waals surface area contributed by atoms with Crippen LogP contribution in [0.4, 0.5) is 5.82 Å². The Balaban J connectivity index is 2.07. The highest BCUT2D eigenvalue weighted by Gasteiger charge is 2.26. The van der Waals surface area contributed by atoms with Crippen LogP contribution in [0.25, 0.3) is 11.4 Å². The monoisotopic (exact) mass is 323 g/mol. The van der Waals surface area contributed by atoms with E-state index in [1.807, 2.05) is 24.3 Å². The maximum Gasteiger partial charge on any atom is 0.161 e. The summed E-state index contributed by atoms with van der Waals surface area (Å²) in [7, 11) is 0. The van der Waals surface area contributed by atoms with Gasteiger partial charge in [-0.2, -0.15) is 0 Å². The highest BCUT2D eigenvalue weighted by Crippen LogP contribution is 2.40. The van der Waals surface area contributed by atoms with Crippen LogP contribution in [0.3, 0.4) is 0 Å². The van der Waals surface area contributed by atoms with Crippen molar-refractivity contribution in [3.63, 3.8) is 0 Å². The second-order valence-corrected chi connectivity index (χ2v) is 5.71. The van der Waals surface area contributed by atoms with Crippen molar-refractivity contribution in [3.8, 4) is 11.4 Å². The number of nitrogens with zero attached hydrogens (tertiary/aromatic N) is 2. The zero-order valence-corrected chi connectivity index (χ0v) is 11.9. The summed E-state index contributed by atoms with van der Waals surface area (Å²) in [6.07, 6.45) is 2.39. The molecule has 1 aliphatic rings. The number of anilines is 1. The van der Waals surface area contributed by atoms with E-state index in [0.29, 0.717) is 22.6 Å². The highest BCUT2D eigenvalue weighted by molar-refractivity contribution is 9.10. The highest BCUT2D eigenvalue weighted by atomic mass is 79.9. The van der Waals surface area contributed by atoms with Gasteiger partial charge in [0.25, 0.3) is 0 Å². The van der Waals surface area contributed by atoms with Crippen LogP contribution in [0.1, 0.15) is 24.5 Å². The molecule has 0 atom stereocenters. The molecule has 1 aliphatic carbocycles. The molecule has 1 heterocycles. The molecule has 2 N–H and O–H groups in total. The molecule has 18 heavy (non-hydrogen) atoms. The molecular formula is C13H11BrClN3. The molecule has 0 saturated heterocycles. The number of rotatable bonds is 2. The van der Waals surface area contributed by atoms with Crippen LogP contribution in [0.5, 0.6) is 0 Å². The van der Waals surface area contributed by atoms with Gasteiger partial charge in [-0.1, -0.05) is 11.6 Å². The second-order valence-electron chi connectivity index (χ2n) is 4.44. The van der Waals surface area contributed by atoms with E-state index >= 15 is 0 Å². The summed E-state index contributed by atoms with van der Waals surface area (Å²) in [6.45, 7) is 0. The van der Waals surface area contributed by atoms with Gasteiger partial charge in [0.2, 0.25) is 0 Å². The zero-order chi connectivity index (χ0) is 12.7. The first-order valence-electron chi connectivity index (χ1n) is 5.73. The third-order valence-corrected chi connectivity index (χ3v) is 4.15. The van der Waals surface area contributed by atoms with Crippen molar-refractivity contribution in [2.75, 3.05) is 5.73 Å². The predicted octanol–water partition coefficient (Wildman–Crippen LogP) is 4.02. The average Bonchev–Trinajstić information content (AvgIpc) is 3.16. The van der Waals surface area contributed by atoms with Crippen molar-refractivity contribution in [1.82, 2.24) is 9.97 Å². The first kappa shape index (κ1) is 11.9. The third-order valence-electron chi connectivity index (χ3n) is 2.94. The van der Waals surface area contributed by atoms with E-state index in [2.05, 4.69) is 25.9 Å². The molecule has 3 nitrogen and oxygen atoms in total. The molecule has 1 fully saturated rings. The largest absolute Gasteiger partial charge is 0.384 e. The molecule has 1 saturated carbocycles. The van der Waals surface area contributed by atoms with Gasteiger partial charge >= 0.3 is 0 Å². The summed E-state index contributed by atoms with van der Waals surface area (Å²) in [4.78, 5) is 8.87. The van der Waals surface area contributed by atoms with Crippen molar-refractivity contribution in [1.29, 1.82) is 0 Å². The summed E-state index contributed by atoms with van der Waals surface area (Å²) in [5.74, 6) is 1.74. The average molecular weight is 325 g/mol. The number of nitrogen functional groups attached to an aromatic ring is 1. The van der Waals surface area contributed by atoms with E-state index in [0.717, 1.165) is 15.7 Å². The Kier molecular flexibility index (Phi) is 2.99. The summed E-state index contributed by atoms with van der Waals surface area (Å²) in [6, 6.07) is 7.50. The molecule has 2 aromatic rings. The van der Waals surface area contributed by atoms with E-state index in [1.165, 1.54) is 12.8 Å². The summed E-state index contributed by atoms with van der Waals surface area (Å²) in [5.41, 5.74) is 7.80. The SMILES string of the molecule is Nc1cc(C2CC2)nc(-c2ccc(Cl)c(Br)c2)n1. The second kappa shape index (κ2) is 4.52. The fourth-order valence-electron chi connectivity index (χ4n) is 1.84. The quantitative estimate of drug-likeness (QED) is 0.907. The number of benzene rings is 1. The van der Waals surface area contributed by atoms with Gasteiger partial charge in [0.15, 0.2) is 5.82 Å². The molecule has 0 unspecified atom stereocenters. The Bertz CT molecular complexity index is 611. The van der Waals surface area contributed by atoms with Crippen LogP contribution in [0, 0.1) is 0 Å². The fourth-order valence-corrected chi connectivity index (χ4v) is 2.33. The molecule has 0 radical (unpaired) electrons. The molecule has 0 amide bonds. The standard InChI is InChI=1S/C13H11BrClN3/c14-9-5-8(3-4-10(9)15)13-17-11(7-1-2-7)6-12(16)18-13/h3-7H,1-2H2,(H2,16,17,18). The number of hydrogen-bond donors (Lipinski definition) is 1. The molecule has 0 spiro atoms. The van der Waals surface area contributed by atoms with Crippen LogP contribution in [0.2, 0.25) is 5.02 Å². The molecule has 1 aromatic carbocycles. The third kappa shape index (κ3) is 2.35. The molecule has 1 aromatic heterocycles. The molecule has 3 rings (SSSR count). The molecule has 0 bridgehead atoms. The Labute approximate surface area is 119 Å². The van der Waals surface area contributed by atoms with Gasteiger partial charge in [0, 0.05) is 27.7 Å². The lowest BCUT2D eigenvalue weighted by Crippen LogP contribution is -1.99. The van der Waals surface area contributed by atoms with Crippen LogP contribution >= 0.6 is 27.5 Å². The Morgan fingerprint density at radius 3 is 2.67 bits per heavy atom. The van der Waals surface area contributed by atoms with E-state index < -0.39 is 0 Å². The first-order chi connectivity index (χ1) is 8.63. The molecule has 0 aliphatic heterocycles. The molecular weight excluding hydrogens is 314 g/mol. The van der Waals surface area contributed by atoms with Crippen LogP contribution < -0.4 is 5.73 Å². The minimum absolute atomic E-state index is 0.521. The van der Waals surface area contributed by atoms with Gasteiger partial charge in [0.1, 0.15) is 5.82 Å². The number of hydrogen-bond acceptors (Lipinski definition) is 3. The summed E-state index contributed by atoms with van der Waals surface area (Å²) in [5, 5.41) is 0.671. The smallest absolute Gasteiger partial charge is 0.161 e. The summed E-state index contributed by atoms with van der Waals surface area (Å²) < 4.78 is 0.834. The topological polar surface area (TPSA) is 51.8 Å². The van der Waals surface area contributed by atoms with Gasteiger partial charge < -0.3 is 5.73 Å². The number of nitrogens with two attached hydrogens (primary N) is 1. The van der Waals surface area contributed by atoms with Crippen molar-refractivity contribution in [2.45, 2.75) is 18.8 Å². The molecule has 92 valence electrons. The lowest BCUT2D eigenvalue weighted by molar-refractivity contribution is 0.998. The van der Waals surface area contributed by atoms with Crippen LogP contribution in [-0.4, -0.2) is 9.97 Å². The minimum Gasteiger partial charge on any atom is -0.384 e. The lowest BCUT2D eigenvalue weighted by Gasteiger charge is -2.06. The predicted molar refractivity (Wildman–Crippen MR) is 76.6 cm³/mol. The van der Waals surface area contributed by atoms with E-state index in [9.17, 15) is 0 Å². The van der Waals surface area contributed by atoms with Crippen LogP contribution in [-0.2, 0) is 0 Å². The van der Waals surface area contributed by atoms with Gasteiger partial charge in [-0.05, 0) is 47.0 Å². The first-order valence-corrected chi connectivity index (χ1v) is 6.90. The zero-order valence-electron chi connectivity index (χ0n) is 9.53. The normalized spacial score (nSPS) is 14.8. The van der Waals surface area contributed by atoms with Crippen molar-refractivity contribution in [2.24, 2.45) is 0 Å². The Morgan fingerprint density at radius 1 is 1.22 bits per heavy atom. The Morgan fingerprint density at radius 2 is 2.00 bits per heavy atom. The van der Waals surface area contributed by atoms with E-state index in [-0.39, 0.29) is 0 Å². The molecule has 5 heteroatoms. The van der Waals surface area contributed by atoms with E-state index in [1.54, 1.807) is 0 Å². The Hall–Kier alpha value is -1.13. The van der Waals surface area contributed by atoms with E-state index in [4.69, 9.17) is 17.3 Å². The van der Waals surface area contributed by atoms with Crippen molar-refractivity contribution in [3.05, 3.63) is 39.5 Å². The number of halogens is 2. The van der Waals surface area contributed by atoms with Crippen LogP contribution in [0.15, 0.2) is 28.7 Å². The maximum atomic E-state index is 5.98. The maximum absolute atomic E-state index is 5.98. The van der Waals surface area contributed by atoms with Gasteiger partial charge in [-0.3, -0.25) is 0 Å². The van der Waals surface area contributed by atoms with Crippen molar-refractivity contribution < 1.29 is 0 Å². The van der Waals surface area contributed by atoms with Crippen molar-refractivity contribution >= 4 is 33.3 Å². The lowest BCUT2D eigenvalue weighted by atomic mass is 10.2. The van der Waals surface area contributed by atoms with Gasteiger partial charge in [0.05, 0.1) is 5.02 Å². The fraction of sp³-hybridized carbons (Fsp3) is 0.231. The minimum atomic E-state index is 0.521. The number of aromatic nitrogens is 2. The summed E-state index contributed by atoms with van der Waals surface area (Å²) >= 11 is 9.38. The van der Waals surface area contributed by atoms with Gasteiger partial charge in [-0.15, -0.1) is 0 Å². The van der Waals surface area contributed by atoms with Gasteiger partial charge in [-0.25, -0.2) is 9.97 Å².